The molecule has 0 spiro atoms. The quantitative estimate of drug-likeness (QED) is 0.140. The second kappa shape index (κ2) is 12.9. The topological polar surface area (TPSA) is 54.0 Å². The van der Waals surface area contributed by atoms with E-state index >= 15 is 0 Å². The number of ether oxygens (including phenoxy) is 4. The van der Waals surface area contributed by atoms with Crippen LogP contribution in [-0.4, -0.2) is 44.4 Å². The maximum atomic E-state index is 13.7. The van der Waals surface area contributed by atoms with E-state index in [4.69, 9.17) is 9.47 Å². The maximum absolute atomic E-state index is 13.7. The Morgan fingerprint density at radius 2 is 1.50 bits per heavy atom. The molecule has 1 heterocycles. The van der Waals surface area contributed by atoms with Crippen LogP contribution in [-0.2, 0) is 24.4 Å². The molecule has 0 aromatic heterocycles. The van der Waals surface area contributed by atoms with Crippen molar-refractivity contribution in [1.29, 1.82) is 0 Å². The molecule has 0 unspecified atom stereocenters. The number of halogens is 6. The molecule has 0 fully saturated rings. The molecule has 0 atom stereocenters. The molecule has 0 saturated carbocycles. The Labute approximate surface area is 241 Å². The molecular weight excluding hydrogens is 566 g/mol. The minimum absolute atomic E-state index is 0.00836. The second-order valence-corrected chi connectivity index (χ2v) is 10.1. The summed E-state index contributed by atoms with van der Waals surface area (Å²) >= 11 is 0. The molecule has 0 bridgehead atoms. The van der Waals surface area contributed by atoms with E-state index in [1.807, 2.05) is 39.0 Å². The van der Waals surface area contributed by atoms with E-state index in [-0.39, 0.29) is 30.6 Å². The number of methoxy groups -OCH3 is 1. The van der Waals surface area contributed by atoms with E-state index < -0.39 is 30.2 Å². The molecule has 1 aliphatic heterocycles. The lowest BCUT2D eigenvalue weighted by Crippen LogP contribution is -2.57. The summed E-state index contributed by atoms with van der Waals surface area (Å²) in [4.78, 5) is 11.3. The van der Waals surface area contributed by atoms with Gasteiger partial charge in [0.05, 0.1) is 6.42 Å². The predicted octanol–water partition coefficient (Wildman–Crippen LogP) is 8.12. The van der Waals surface area contributed by atoms with Gasteiger partial charge in [-0.2, -0.15) is 26.3 Å². The van der Waals surface area contributed by atoms with Crippen LogP contribution in [0.4, 0.5) is 26.3 Å². The second-order valence-electron chi connectivity index (χ2n) is 10.1. The zero-order valence-corrected chi connectivity index (χ0v) is 24.0. The summed E-state index contributed by atoms with van der Waals surface area (Å²) in [7, 11) is 0.937. The highest BCUT2D eigenvalue weighted by molar-refractivity contribution is 5.75. The normalized spacial score (nSPS) is 14.8. The summed E-state index contributed by atoms with van der Waals surface area (Å²) in [5.74, 6) is 0.749. The van der Waals surface area contributed by atoms with Gasteiger partial charge in [-0.1, -0.05) is 50.3 Å². The largest absolute Gasteiger partial charge is 0.485 e. The van der Waals surface area contributed by atoms with Crippen molar-refractivity contribution in [2.45, 2.75) is 70.3 Å². The number of aryl methyl sites for hydroxylation is 2. The lowest BCUT2D eigenvalue weighted by atomic mass is 9.70. The van der Waals surface area contributed by atoms with Crippen molar-refractivity contribution in [1.82, 2.24) is 0 Å². The third-order valence-corrected chi connectivity index (χ3v) is 7.61. The van der Waals surface area contributed by atoms with Gasteiger partial charge >= 0.3 is 18.3 Å². The van der Waals surface area contributed by atoms with Gasteiger partial charge in [0.2, 0.25) is 0 Å². The van der Waals surface area contributed by atoms with Crippen LogP contribution >= 0.6 is 0 Å². The molecule has 11 heteroatoms. The zero-order valence-electron chi connectivity index (χ0n) is 24.0. The van der Waals surface area contributed by atoms with Crippen LogP contribution in [0.5, 0.6) is 5.75 Å². The molecule has 0 saturated heterocycles. The summed E-state index contributed by atoms with van der Waals surface area (Å²) in [5.41, 5.74) is -1.64. The number of hydrogen-bond acceptors (Lipinski definition) is 5. The molecule has 2 aromatic carbocycles. The molecule has 5 nitrogen and oxygen atoms in total. The van der Waals surface area contributed by atoms with E-state index in [0.29, 0.717) is 29.9 Å². The van der Waals surface area contributed by atoms with E-state index in [0.717, 1.165) is 29.9 Å². The summed E-state index contributed by atoms with van der Waals surface area (Å²) in [6.45, 7) is 6.47. The number of rotatable bonds is 12. The Balaban J connectivity index is 1.94. The first-order valence-electron chi connectivity index (χ1n) is 13.3. The van der Waals surface area contributed by atoms with Gasteiger partial charge < -0.3 is 18.9 Å². The first-order chi connectivity index (χ1) is 19.6. The van der Waals surface area contributed by atoms with Gasteiger partial charge in [-0.3, -0.25) is 4.79 Å². The molecular formula is C31H34F6O5. The van der Waals surface area contributed by atoms with Crippen molar-refractivity contribution < 1.29 is 50.1 Å². The lowest BCUT2D eigenvalue weighted by Gasteiger charge is -2.35. The van der Waals surface area contributed by atoms with Crippen molar-refractivity contribution in [3.63, 3.8) is 0 Å². The highest BCUT2D eigenvalue weighted by Crippen LogP contribution is 2.47. The fourth-order valence-electron chi connectivity index (χ4n) is 5.09. The van der Waals surface area contributed by atoms with Gasteiger partial charge in [-0.25, -0.2) is 0 Å². The van der Waals surface area contributed by atoms with E-state index in [9.17, 15) is 31.1 Å². The summed E-state index contributed by atoms with van der Waals surface area (Å²) < 4.78 is 102. The van der Waals surface area contributed by atoms with Crippen molar-refractivity contribution in [2.75, 3.05) is 20.5 Å². The molecule has 0 amide bonds. The van der Waals surface area contributed by atoms with Crippen molar-refractivity contribution >= 4 is 12.0 Å². The molecule has 3 rings (SSSR count). The molecule has 1 aliphatic rings. The number of hydrogen-bond donors (Lipinski definition) is 0. The Kier molecular flexibility index (Phi) is 10.2. The summed E-state index contributed by atoms with van der Waals surface area (Å²) in [5, 5.41) is 0. The van der Waals surface area contributed by atoms with Gasteiger partial charge in [0.15, 0.2) is 0 Å². The number of benzene rings is 2. The number of carbonyl (C=O) groups is 1. The van der Waals surface area contributed by atoms with Crippen LogP contribution in [0, 0.1) is 13.8 Å². The summed E-state index contributed by atoms with van der Waals surface area (Å²) in [6.07, 6.45) is -7.54. The number of esters is 1. The minimum atomic E-state index is -5.78. The standard InChI is InChI=1S/C31H34F6O5/c1-6-28(7-2,24-10-12-26(21(4)17-24)40-18-25-11-13-27(38)42-25)23-9-8-22(20(3)16-23)14-15-29(30(32,33)34,31(35,36)37)41-19-39-5/h8-12,14-17H,6-7,13,18-19H2,1-5H3. The Morgan fingerprint density at radius 1 is 0.905 bits per heavy atom. The zero-order chi connectivity index (χ0) is 31.3. The fourth-order valence-corrected chi connectivity index (χ4v) is 5.09. The molecule has 0 N–H and O–H groups in total. The minimum Gasteiger partial charge on any atom is -0.485 e. The van der Waals surface area contributed by atoms with Crippen molar-refractivity contribution in [3.8, 4) is 5.75 Å². The van der Waals surface area contributed by atoms with Gasteiger partial charge in [-0.05, 0) is 72.7 Å². The summed E-state index contributed by atoms with van der Waals surface area (Å²) in [6, 6.07) is 10.8. The van der Waals surface area contributed by atoms with Crippen LogP contribution in [0.25, 0.3) is 6.08 Å². The van der Waals surface area contributed by atoms with Crippen LogP contribution in [0.2, 0.25) is 0 Å². The average molecular weight is 601 g/mol. The fraction of sp³-hybridized carbons (Fsp3) is 0.452. The lowest BCUT2D eigenvalue weighted by molar-refractivity contribution is -0.372. The van der Waals surface area contributed by atoms with Gasteiger partial charge in [0, 0.05) is 12.5 Å². The maximum Gasteiger partial charge on any atom is 0.430 e. The number of cyclic esters (lactones) is 1. The molecule has 2 aromatic rings. The third-order valence-electron chi connectivity index (χ3n) is 7.61. The number of carbonyl (C=O) groups excluding carboxylic acids is 1. The van der Waals surface area contributed by atoms with Crippen molar-refractivity contribution in [3.05, 3.63) is 82.1 Å². The first-order valence-corrected chi connectivity index (χ1v) is 13.3. The van der Waals surface area contributed by atoms with Gasteiger partial charge in [0.25, 0.3) is 5.60 Å². The van der Waals surface area contributed by atoms with Crippen molar-refractivity contribution in [2.24, 2.45) is 0 Å². The van der Waals surface area contributed by atoms with E-state index in [1.165, 1.54) is 6.07 Å². The molecule has 0 aliphatic carbocycles. The monoisotopic (exact) mass is 600 g/mol. The average Bonchev–Trinajstić information content (AvgIpc) is 3.33. The van der Waals surface area contributed by atoms with Crippen LogP contribution in [0.1, 0.15) is 60.9 Å². The number of alkyl halides is 6. The third kappa shape index (κ3) is 6.67. The van der Waals surface area contributed by atoms with Crippen LogP contribution in [0.15, 0.2) is 54.3 Å². The van der Waals surface area contributed by atoms with Gasteiger partial charge in [-0.15, -0.1) is 0 Å². The van der Waals surface area contributed by atoms with Crippen LogP contribution in [0.3, 0.4) is 0 Å². The molecule has 42 heavy (non-hydrogen) atoms. The predicted molar refractivity (Wildman–Crippen MR) is 145 cm³/mol. The molecule has 230 valence electrons. The van der Waals surface area contributed by atoms with Gasteiger partial charge in [0.1, 0.15) is 24.9 Å². The Hall–Kier alpha value is -3.31. The van der Waals surface area contributed by atoms with Crippen LogP contribution < -0.4 is 4.74 Å². The first kappa shape index (κ1) is 33.2. The van der Waals surface area contributed by atoms with E-state index in [2.05, 4.69) is 9.47 Å². The molecule has 0 radical (unpaired) electrons. The highest BCUT2D eigenvalue weighted by atomic mass is 19.4. The van der Waals surface area contributed by atoms with E-state index in [1.54, 1.807) is 25.1 Å². The Morgan fingerprint density at radius 3 is 1.98 bits per heavy atom. The SMILES string of the molecule is CCC(CC)(c1ccc(C=CC(OCOC)(C(F)(F)F)C(F)(F)F)c(C)c1)c1ccc(OCC2=CCC(=O)O2)c(C)c1. The smallest absolute Gasteiger partial charge is 0.430 e. The highest BCUT2D eigenvalue weighted by Gasteiger charge is 2.71. The Bertz CT molecular complexity index is 1310.